The van der Waals surface area contributed by atoms with Gasteiger partial charge in [-0.25, -0.2) is 4.68 Å². The lowest BCUT2D eigenvalue weighted by molar-refractivity contribution is 0.873. The van der Waals surface area contributed by atoms with Crippen molar-refractivity contribution in [3.8, 4) is 5.69 Å². The molecule has 17 heavy (non-hydrogen) atoms. The molecule has 1 aromatic heterocycles. The molecule has 1 heterocycles. The minimum atomic E-state index is 1.09. The largest absolute Gasteiger partial charge is 0.378 e. The Morgan fingerprint density at radius 2 is 1.82 bits per heavy atom. The van der Waals surface area contributed by atoms with Crippen LogP contribution in [0.5, 0.6) is 0 Å². The maximum absolute atomic E-state index is 4.28. The molecule has 0 bridgehead atoms. The lowest BCUT2D eigenvalue weighted by atomic mass is 10.2. The van der Waals surface area contributed by atoms with Crippen molar-refractivity contribution in [2.45, 2.75) is 0 Å². The number of anilines is 2. The van der Waals surface area contributed by atoms with E-state index >= 15 is 0 Å². The summed E-state index contributed by atoms with van der Waals surface area (Å²) in [6, 6.07) is 8.29. The van der Waals surface area contributed by atoms with Crippen molar-refractivity contribution in [3.05, 3.63) is 36.7 Å². The van der Waals surface area contributed by atoms with Gasteiger partial charge in [0, 0.05) is 46.3 Å². The molecule has 0 saturated heterocycles. The molecule has 0 aliphatic rings. The highest BCUT2D eigenvalue weighted by Gasteiger charge is 2.08. The van der Waals surface area contributed by atoms with Crippen LogP contribution in [0, 0.1) is 0 Å². The van der Waals surface area contributed by atoms with Crippen LogP contribution in [0.4, 0.5) is 11.4 Å². The van der Waals surface area contributed by atoms with Gasteiger partial charge in [-0.05, 0) is 24.3 Å². The van der Waals surface area contributed by atoms with Crippen LogP contribution in [0.1, 0.15) is 0 Å². The second kappa shape index (κ2) is 4.49. The molecule has 4 heteroatoms. The molecule has 0 atom stereocenters. The molecule has 2 rings (SSSR count). The maximum atomic E-state index is 4.28. The maximum Gasteiger partial charge on any atom is 0.0880 e. The van der Waals surface area contributed by atoms with Gasteiger partial charge in [-0.15, -0.1) is 0 Å². The summed E-state index contributed by atoms with van der Waals surface area (Å²) in [5.74, 6) is 0. The fourth-order valence-electron chi connectivity index (χ4n) is 1.75. The first-order valence-electron chi connectivity index (χ1n) is 5.58. The Hall–Kier alpha value is -1.97. The van der Waals surface area contributed by atoms with Crippen LogP contribution < -0.4 is 9.80 Å². The van der Waals surface area contributed by atoms with Gasteiger partial charge in [0.1, 0.15) is 0 Å². The van der Waals surface area contributed by atoms with Crippen molar-refractivity contribution < 1.29 is 0 Å². The summed E-state index contributed by atoms with van der Waals surface area (Å²) in [5.41, 5.74) is 3.43. The summed E-state index contributed by atoms with van der Waals surface area (Å²) < 4.78 is 1.88. The van der Waals surface area contributed by atoms with Crippen molar-refractivity contribution in [1.29, 1.82) is 0 Å². The first-order valence-corrected chi connectivity index (χ1v) is 5.58. The molecule has 0 amide bonds. The molecule has 0 aliphatic heterocycles. The van der Waals surface area contributed by atoms with Gasteiger partial charge < -0.3 is 9.80 Å². The lowest BCUT2D eigenvalue weighted by Crippen LogP contribution is -2.15. The third-order valence-corrected chi connectivity index (χ3v) is 2.71. The highest BCUT2D eigenvalue weighted by atomic mass is 15.3. The monoisotopic (exact) mass is 230 g/mol. The molecule has 1 aromatic carbocycles. The van der Waals surface area contributed by atoms with E-state index in [1.165, 1.54) is 5.69 Å². The van der Waals surface area contributed by atoms with E-state index in [0.717, 1.165) is 11.4 Å². The average Bonchev–Trinajstić information content (AvgIpc) is 2.81. The van der Waals surface area contributed by atoms with Crippen LogP contribution in [-0.4, -0.2) is 38.0 Å². The van der Waals surface area contributed by atoms with Gasteiger partial charge >= 0.3 is 0 Å². The van der Waals surface area contributed by atoms with Gasteiger partial charge in [0.25, 0.3) is 0 Å². The predicted octanol–water partition coefficient (Wildman–Crippen LogP) is 2.00. The van der Waals surface area contributed by atoms with Crippen LogP contribution in [0.25, 0.3) is 5.69 Å². The molecule has 4 nitrogen and oxygen atoms in total. The van der Waals surface area contributed by atoms with E-state index < -0.39 is 0 Å². The smallest absolute Gasteiger partial charge is 0.0880 e. The number of hydrogen-bond acceptors (Lipinski definition) is 3. The molecule has 0 saturated carbocycles. The Labute approximate surface area is 102 Å². The number of rotatable bonds is 3. The Morgan fingerprint density at radius 1 is 1.06 bits per heavy atom. The Morgan fingerprint density at radius 3 is 2.35 bits per heavy atom. The number of aromatic nitrogens is 2. The van der Waals surface area contributed by atoms with Gasteiger partial charge in [0.05, 0.1) is 11.4 Å². The highest BCUT2D eigenvalue weighted by Crippen LogP contribution is 2.27. The molecule has 0 N–H and O–H groups in total. The second-order valence-electron chi connectivity index (χ2n) is 4.41. The lowest BCUT2D eigenvalue weighted by Gasteiger charge is -2.21. The Balaban J connectivity index is 2.53. The minimum absolute atomic E-state index is 1.09. The Bertz CT molecular complexity index is 486. The predicted molar refractivity (Wildman–Crippen MR) is 72.2 cm³/mol. The van der Waals surface area contributed by atoms with Gasteiger partial charge in [-0.1, -0.05) is 0 Å². The number of nitrogens with zero attached hydrogens (tertiary/aromatic N) is 4. The van der Waals surface area contributed by atoms with Crippen molar-refractivity contribution in [2.75, 3.05) is 38.0 Å². The molecule has 2 aromatic rings. The molecule has 0 radical (unpaired) electrons. The summed E-state index contributed by atoms with van der Waals surface area (Å²) >= 11 is 0. The van der Waals surface area contributed by atoms with Crippen LogP contribution in [-0.2, 0) is 0 Å². The molecular formula is C13H18N4. The summed E-state index contributed by atoms with van der Waals surface area (Å²) in [7, 11) is 8.17. The van der Waals surface area contributed by atoms with Gasteiger partial charge in [-0.3, -0.25) is 0 Å². The third-order valence-electron chi connectivity index (χ3n) is 2.71. The molecule has 0 aliphatic carbocycles. The zero-order valence-corrected chi connectivity index (χ0v) is 10.8. The van der Waals surface area contributed by atoms with Crippen molar-refractivity contribution in [2.24, 2.45) is 0 Å². The Kier molecular flexibility index (Phi) is 3.04. The van der Waals surface area contributed by atoms with Crippen LogP contribution >= 0.6 is 0 Å². The normalized spacial score (nSPS) is 10.4. The van der Waals surface area contributed by atoms with Crippen LogP contribution in [0.3, 0.4) is 0 Å². The standard InChI is InChI=1S/C13H18N4/c1-15(2)11-6-7-12(13(10-11)16(3)4)17-9-5-8-14-17/h5-10H,1-4H3. The van der Waals surface area contributed by atoms with Crippen LogP contribution in [0.15, 0.2) is 36.7 Å². The first kappa shape index (κ1) is 11.5. The van der Waals surface area contributed by atoms with E-state index in [1.807, 2.05) is 45.1 Å². The molecule has 0 spiro atoms. The van der Waals surface area contributed by atoms with E-state index in [4.69, 9.17) is 0 Å². The van der Waals surface area contributed by atoms with Gasteiger partial charge in [0.2, 0.25) is 0 Å². The minimum Gasteiger partial charge on any atom is -0.378 e. The fourth-order valence-corrected chi connectivity index (χ4v) is 1.75. The van der Waals surface area contributed by atoms with Gasteiger partial charge in [-0.2, -0.15) is 5.10 Å². The summed E-state index contributed by atoms with van der Waals surface area (Å²) in [4.78, 5) is 4.20. The summed E-state index contributed by atoms with van der Waals surface area (Å²) in [6.07, 6.45) is 3.75. The highest BCUT2D eigenvalue weighted by molar-refractivity contribution is 5.69. The third kappa shape index (κ3) is 2.25. The van der Waals surface area contributed by atoms with E-state index in [0.29, 0.717) is 0 Å². The quantitative estimate of drug-likeness (QED) is 0.806. The van der Waals surface area contributed by atoms with Gasteiger partial charge in [0.15, 0.2) is 0 Å². The van der Waals surface area contributed by atoms with E-state index in [-0.39, 0.29) is 0 Å². The van der Waals surface area contributed by atoms with E-state index in [1.54, 1.807) is 6.20 Å². The number of benzene rings is 1. The average molecular weight is 230 g/mol. The second-order valence-corrected chi connectivity index (χ2v) is 4.41. The van der Waals surface area contributed by atoms with Crippen LogP contribution in [0.2, 0.25) is 0 Å². The molecule has 90 valence electrons. The van der Waals surface area contributed by atoms with Crippen molar-refractivity contribution >= 4 is 11.4 Å². The number of hydrogen-bond donors (Lipinski definition) is 0. The fraction of sp³-hybridized carbons (Fsp3) is 0.308. The molecule has 0 unspecified atom stereocenters. The zero-order chi connectivity index (χ0) is 12.4. The summed E-state index contributed by atoms with van der Waals surface area (Å²) in [6.45, 7) is 0. The molecular weight excluding hydrogens is 212 g/mol. The first-order chi connectivity index (χ1) is 8.09. The molecule has 0 fully saturated rings. The topological polar surface area (TPSA) is 24.3 Å². The van der Waals surface area contributed by atoms with E-state index in [9.17, 15) is 0 Å². The van der Waals surface area contributed by atoms with E-state index in [2.05, 4.69) is 33.1 Å². The SMILES string of the molecule is CN(C)c1ccc(-n2cccn2)c(N(C)C)c1. The van der Waals surface area contributed by atoms with Crippen molar-refractivity contribution in [1.82, 2.24) is 9.78 Å². The zero-order valence-electron chi connectivity index (χ0n) is 10.8. The summed E-state index contributed by atoms with van der Waals surface area (Å²) in [5, 5.41) is 4.28. The van der Waals surface area contributed by atoms with Crippen molar-refractivity contribution in [3.63, 3.8) is 0 Å².